The van der Waals surface area contributed by atoms with Gasteiger partial charge in [-0.2, -0.15) is 4.31 Å². The maximum atomic E-state index is 13.0. The second-order valence-corrected chi connectivity index (χ2v) is 10.0. The highest BCUT2D eigenvalue weighted by atomic mass is 32.2. The summed E-state index contributed by atoms with van der Waals surface area (Å²) >= 11 is 0. The van der Waals surface area contributed by atoms with Crippen molar-refractivity contribution in [2.24, 2.45) is 0 Å². The lowest BCUT2D eigenvalue weighted by atomic mass is 10.2. The molecule has 1 fully saturated rings. The second kappa shape index (κ2) is 7.07. The van der Waals surface area contributed by atoms with Crippen LogP contribution < -0.4 is 4.72 Å². The maximum absolute atomic E-state index is 13.0. The van der Waals surface area contributed by atoms with Crippen molar-refractivity contribution in [3.8, 4) is 0 Å². The number of rotatable bonds is 7. The van der Waals surface area contributed by atoms with Crippen molar-refractivity contribution in [1.29, 1.82) is 0 Å². The first-order valence-electron chi connectivity index (χ1n) is 8.02. The summed E-state index contributed by atoms with van der Waals surface area (Å²) in [6.07, 6.45) is 1.64. The SMILES string of the molecule is CN(Cc1ccc(F)cc1)S(=O)(=O)c1ccc(S(=O)(=O)NC2CC2)cc1. The first-order valence-corrected chi connectivity index (χ1v) is 10.9. The molecule has 0 radical (unpaired) electrons. The van der Waals surface area contributed by atoms with Gasteiger partial charge in [-0.05, 0) is 54.8 Å². The van der Waals surface area contributed by atoms with Crippen molar-refractivity contribution in [3.05, 3.63) is 59.9 Å². The predicted molar refractivity (Wildman–Crippen MR) is 94.8 cm³/mol. The first-order chi connectivity index (χ1) is 12.2. The van der Waals surface area contributed by atoms with Crippen LogP contribution in [0.2, 0.25) is 0 Å². The van der Waals surface area contributed by atoms with Gasteiger partial charge in [0.25, 0.3) is 0 Å². The third kappa shape index (κ3) is 4.29. The zero-order valence-electron chi connectivity index (χ0n) is 14.1. The van der Waals surface area contributed by atoms with E-state index in [2.05, 4.69) is 4.72 Å². The molecule has 6 nitrogen and oxygen atoms in total. The van der Waals surface area contributed by atoms with Crippen LogP contribution in [-0.2, 0) is 26.6 Å². The zero-order chi connectivity index (χ0) is 18.9. The summed E-state index contributed by atoms with van der Waals surface area (Å²) in [6, 6.07) is 10.7. The van der Waals surface area contributed by atoms with Gasteiger partial charge in [0.2, 0.25) is 20.0 Å². The van der Waals surface area contributed by atoms with Crippen molar-refractivity contribution in [2.75, 3.05) is 7.05 Å². The summed E-state index contributed by atoms with van der Waals surface area (Å²) in [6.45, 7) is 0.0753. The lowest BCUT2D eigenvalue weighted by Crippen LogP contribution is -2.27. The van der Waals surface area contributed by atoms with Crippen LogP contribution >= 0.6 is 0 Å². The largest absolute Gasteiger partial charge is 0.243 e. The standard InChI is InChI=1S/C17H19FN2O4S2/c1-20(12-13-2-4-14(18)5-3-13)26(23,24)17-10-8-16(9-11-17)25(21,22)19-15-6-7-15/h2-5,8-11,15,19H,6-7,12H2,1H3. The van der Waals surface area contributed by atoms with E-state index in [-0.39, 0.29) is 22.4 Å². The molecule has 0 atom stereocenters. The molecule has 1 aliphatic rings. The smallest absolute Gasteiger partial charge is 0.208 e. The summed E-state index contributed by atoms with van der Waals surface area (Å²) in [4.78, 5) is 0.0250. The Kier molecular flexibility index (Phi) is 5.16. The van der Waals surface area contributed by atoms with E-state index in [1.165, 1.54) is 55.6 Å². The quantitative estimate of drug-likeness (QED) is 0.774. The van der Waals surface area contributed by atoms with Crippen LogP contribution in [0.1, 0.15) is 18.4 Å². The molecule has 1 aliphatic carbocycles. The van der Waals surface area contributed by atoms with Crippen LogP contribution in [0.4, 0.5) is 4.39 Å². The minimum absolute atomic E-state index is 0.00696. The van der Waals surface area contributed by atoms with Crippen molar-refractivity contribution >= 4 is 20.0 Å². The van der Waals surface area contributed by atoms with E-state index < -0.39 is 25.9 Å². The fourth-order valence-electron chi connectivity index (χ4n) is 2.39. The van der Waals surface area contributed by atoms with Crippen molar-refractivity contribution < 1.29 is 21.2 Å². The molecule has 0 aromatic heterocycles. The average Bonchev–Trinajstić information content (AvgIpc) is 3.40. The Hall–Kier alpha value is -1.81. The number of hydrogen-bond acceptors (Lipinski definition) is 4. The lowest BCUT2D eigenvalue weighted by Gasteiger charge is -2.17. The molecule has 1 N–H and O–H groups in total. The molecule has 1 saturated carbocycles. The Morgan fingerprint density at radius 3 is 2.04 bits per heavy atom. The van der Waals surface area contributed by atoms with Gasteiger partial charge >= 0.3 is 0 Å². The highest BCUT2D eigenvalue weighted by Crippen LogP contribution is 2.23. The number of nitrogens with one attached hydrogen (secondary N) is 1. The van der Waals surface area contributed by atoms with Gasteiger partial charge in [0.1, 0.15) is 5.82 Å². The molecule has 0 heterocycles. The Labute approximate surface area is 152 Å². The Morgan fingerprint density at radius 2 is 1.50 bits per heavy atom. The maximum Gasteiger partial charge on any atom is 0.243 e. The van der Waals surface area contributed by atoms with Gasteiger partial charge in [0, 0.05) is 19.6 Å². The Bertz CT molecular complexity index is 984. The van der Waals surface area contributed by atoms with Gasteiger partial charge in [-0.3, -0.25) is 0 Å². The first kappa shape index (κ1) is 19.0. The molecule has 9 heteroatoms. The van der Waals surface area contributed by atoms with Gasteiger partial charge < -0.3 is 0 Å². The Morgan fingerprint density at radius 1 is 0.962 bits per heavy atom. The zero-order valence-corrected chi connectivity index (χ0v) is 15.7. The third-order valence-electron chi connectivity index (χ3n) is 4.06. The normalized spacial score (nSPS) is 15.3. The minimum Gasteiger partial charge on any atom is -0.208 e. The molecule has 0 amide bonds. The van der Waals surface area contributed by atoms with Crippen LogP contribution in [0.15, 0.2) is 58.3 Å². The summed E-state index contributed by atoms with van der Waals surface area (Å²) in [5.41, 5.74) is 0.644. The van der Waals surface area contributed by atoms with Crippen LogP contribution in [-0.4, -0.2) is 34.2 Å². The molecule has 3 rings (SSSR count). The van der Waals surface area contributed by atoms with Crippen LogP contribution in [0.3, 0.4) is 0 Å². The van der Waals surface area contributed by atoms with Crippen molar-refractivity contribution in [3.63, 3.8) is 0 Å². The van der Waals surface area contributed by atoms with Gasteiger partial charge in [-0.1, -0.05) is 12.1 Å². The third-order valence-corrected chi connectivity index (χ3v) is 7.41. The molecule has 0 unspecified atom stereocenters. The van der Waals surface area contributed by atoms with Gasteiger partial charge in [-0.25, -0.2) is 25.9 Å². The van der Waals surface area contributed by atoms with E-state index in [1.807, 2.05) is 0 Å². The fourth-order valence-corrected chi connectivity index (χ4v) is 4.86. The van der Waals surface area contributed by atoms with E-state index in [4.69, 9.17) is 0 Å². The van der Waals surface area contributed by atoms with E-state index in [0.717, 1.165) is 17.1 Å². The van der Waals surface area contributed by atoms with Gasteiger partial charge in [-0.15, -0.1) is 0 Å². The van der Waals surface area contributed by atoms with E-state index >= 15 is 0 Å². The number of nitrogens with zero attached hydrogens (tertiary/aromatic N) is 1. The molecule has 0 saturated heterocycles. The number of sulfonamides is 2. The molecule has 140 valence electrons. The van der Waals surface area contributed by atoms with Crippen molar-refractivity contribution in [2.45, 2.75) is 35.2 Å². The van der Waals surface area contributed by atoms with Crippen molar-refractivity contribution in [1.82, 2.24) is 9.03 Å². The summed E-state index contributed by atoms with van der Waals surface area (Å²) < 4.78 is 66.2. The predicted octanol–water partition coefficient (Wildman–Crippen LogP) is 2.09. The average molecular weight is 398 g/mol. The number of halogens is 1. The highest BCUT2D eigenvalue weighted by molar-refractivity contribution is 7.89. The molecule has 2 aromatic rings. The van der Waals surface area contributed by atoms with Crippen LogP contribution in [0, 0.1) is 5.82 Å². The van der Waals surface area contributed by atoms with Crippen LogP contribution in [0.25, 0.3) is 0 Å². The van der Waals surface area contributed by atoms with E-state index in [1.54, 1.807) is 0 Å². The second-order valence-electron chi connectivity index (χ2n) is 6.25. The summed E-state index contributed by atoms with van der Waals surface area (Å²) in [5.74, 6) is -0.393. The molecular weight excluding hydrogens is 379 g/mol. The molecule has 0 aliphatic heterocycles. The highest BCUT2D eigenvalue weighted by Gasteiger charge is 2.28. The van der Waals surface area contributed by atoms with E-state index in [0.29, 0.717) is 5.56 Å². The number of hydrogen-bond donors (Lipinski definition) is 1. The Balaban J connectivity index is 1.77. The molecule has 26 heavy (non-hydrogen) atoms. The number of benzene rings is 2. The fraction of sp³-hybridized carbons (Fsp3) is 0.294. The molecule has 2 aromatic carbocycles. The summed E-state index contributed by atoms with van der Waals surface area (Å²) in [7, 11) is -6.01. The monoisotopic (exact) mass is 398 g/mol. The van der Waals surface area contributed by atoms with Gasteiger partial charge in [0.15, 0.2) is 0 Å². The lowest BCUT2D eigenvalue weighted by molar-refractivity contribution is 0.466. The van der Waals surface area contributed by atoms with Gasteiger partial charge in [0.05, 0.1) is 9.79 Å². The summed E-state index contributed by atoms with van der Waals surface area (Å²) in [5, 5.41) is 0. The molecule has 0 bridgehead atoms. The van der Waals surface area contributed by atoms with E-state index in [9.17, 15) is 21.2 Å². The molecule has 0 spiro atoms. The molecular formula is C17H19FN2O4S2. The topological polar surface area (TPSA) is 83.6 Å². The minimum atomic E-state index is -3.80. The van der Waals surface area contributed by atoms with Crippen LogP contribution in [0.5, 0.6) is 0 Å².